The van der Waals surface area contributed by atoms with Gasteiger partial charge >= 0.3 is 5.97 Å². The van der Waals surface area contributed by atoms with Gasteiger partial charge in [0.05, 0.1) is 12.3 Å². The minimum atomic E-state index is -0.980. The molecule has 134 valence electrons. The van der Waals surface area contributed by atoms with Crippen molar-refractivity contribution in [1.82, 2.24) is 4.90 Å². The van der Waals surface area contributed by atoms with Gasteiger partial charge in [-0.3, -0.25) is 9.80 Å². The highest BCUT2D eigenvalue weighted by Gasteiger charge is 2.38. The normalized spacial score (nSPS) is 23.5. The largest absolute Gasteiger partial charge is 0.480 e. The minimum absolute atomic E-state index is 0.120. The van der Waals surface area contributed by atoms with Gasteiger partial charge in [0.15, 0.2) is 6.04 Å². The molecule has 1 saturated heterocycles. The molecule has 2 aliphatic rings. The number of hydrazone groups is 1. The molecule has 3 rings (SSSR count). The number of carbonyl (C=O) groups is 2. The molecule has 2 atom stereocenters. The number of anilines is 1. The Hall–Kier alpha value is -2.41. The van der Waals surface area contributed by atoms with Gasteiger partial charge < -0.3 is 14.7 Å². The van der Waals surface area contributed by atoms with Crippen molar-refractivity contribution in [3.05, 3.63) is 30.3 Å². The number of likely N-dealkylation sites (tertiary alicyclic amines) is 1. The van der Waals surface area contributed by atoms with Crippen LogP contribution in [0.1, 0.15) is 19.3 Å². The van der Waals surface area contributed by atoms with Gasteiger partial charge in [-0.2, -0.15) is 5.10 Å². The lowest BCUT2D eigenvalue weighted by Gasteiger charge is -2.32. The number of ether oxygens (including phenoxy) is 1. The monoisotopic (exact) mass is 345 g/mol. The number of carbonyl (C=O) groups excluding carboxylic acids is 1. The van der Waals surface area contributed by atoms with E-state index in [2.05, 4.69) is 5.10 Å². The molecule has 2 heterocycles. The Balaban J connectivity index is 1.77. The number of carboxylic acids is 1. The van der Waals surface area contributed by atoms with E-state index in [0.717, 1.165) is 12.8 Å². The van der Waals surface area contributed by atoms with Gasteiger partial charge in [-0.05, 0) is 30.9 Å². The van der Waals surface area contributed by atoms with Crippen LogP contribution in [0.3, 0.4) is 0 Å². The van der Waals surface area contributed by atoms with Crippen LogP contribution in [0.25, 0.3) is 0 Å². The van der Waals surface area contributed by atoms with Crippen LogP contribution in [-0.4, -0.2) is 60.4 Å². The van der Waals surface area contributed by atoms with Crippen LogP contribution in [-0.2, 0) is 14.3 Å². The molecule has 25 heavy (non-hydrogen) atoms. The van der Waals surface area contributed by atoms with E-state index in [1.54, 1.807) is 24.1 Å². The molecular weight excluding hydrogens is 322 g/mol. The summed E-state index contributed by atoms with van der Waals surface area (Å²) in [5.74, 6) is -0.818. The van der Waals surface area contributed by atoms with E-state index in [0.29, 0.717) is 37.0 Å². The first-order valence-corrected chi connectivity index (χ1v) is 8.53. The average molecular weight is 345 g/mol. The van der Waals surface area contributed by atoms with Crippen LogP contribution in [0.5, 0.6) is 0 Å². The Morgan fingerprint density at radius 2 is 2.08 bits per heavy atom. The summed E-state index contributed by atoms with van der Waals surface area (Å²) in [6, 6.07) is 8.24. The van der Waals surface area contributed by atoms with Crippen molar-refractivity contribution >= 4 is 23.3 Å². The first-order valence-electron chi connectivity index (χ1n) is 8.53. The lowest BCUT2D eigenvalue weighted by Crippen LogP contribution is -2.44. The van der Waals surface area contributed by atoms with E-state index in [-0.39, 0.29) is 12.3 Å². The zero-order valence-corrected chi connectivity index (χ0v) is 14.3. The second-order valence-electron chi connectivity index (χ2n) is 6.50. The molecule has 2 unspecified atom stereocenters. The van der Waals surface area contributed by atoms with Gasteiger partial charge in [0, 0.05) is 26.6 Å². The Bertz CT molecular complexity index is 660. The Morgan fingerprint density at radius 3 is 2.76 bits per heavy atom. The number of aliphatic carboxylic acids is 1. The van der Waals surface area contributed by atoms with Crippen LogP contribution in [0.15, 0.2) is 35.4 Å². The quantitative estimate of drug-likeness (QED) is 0.876. The summed E-state index contributed by atoms with van der Waals surface area (Å²) in [7, 11) is 1.66. The molecular formula is C18H23N3O4. The molecule has 0 spiro atoms. The summed E-state index contributed by atoms with van der Waals surface area (Å²) >= 11 is 0. The molecule has 1 fully saturated rings. The van der Waals surface area contributed by atoms with E-state index >= 15 is 0 Å². The fourth-order valence-electron chi connectivity index (χ4n) is 3.45. The highest BCUT2D eigenvalue weighted by atomic mass is 16.5. The predicted octanol–water partition coefficient (Wildman–Crippen LogP) is 1.59. The zero-order valence-electron chi connectivity index (χ0n) is 14.3. The SMILES string of the molecule is COCC1CCCN(C(=O)C2=NN(c3ccccc3)C(C(=O)O)C2)C1. The lowest BCUT2D eigenvalue weighted by molar-refractivity contribution is -0.138. The Labute approximate surface area is 146 Å². The third-order valence-corrected chi connectivity index (χ3v) is 4.67. The van der Waals surface area contributed by atoms with Crippen molar-refractivity contribution in [3.63, 3.8) is 0 Å². The number of benzene rings is 1. The van der Waals surface area contributed by atoms with Crippen molar-refractivity contribution in [2.24, 2.45) is 11.0 Å². The molecule has 0 saturated carbocycles. The summed E-state index contributed by atoms with van der Waals surface area (Å²) < 4.78 is 5.20. The molecule has 0 radical (unpaired) electrons. The number of hydrogen-bond donors (Lipinski definition) is 1. The van der Waals surface area contributed by atoms with Crippen molar-refractivity contribution in [2.75, 3.05) is 31.8 Å². The van der Waals surface area contributed by atoms with Gasteiger partial charge in [0.2, 0.25) is 0 Å². The van der Waals surface area contributed by atoms with Crippen LogP contribution >= 0.6 is 0 Å². The van der Waals surface area contributed by atoms with Crippen LogP contribution in [0.2, 0.25) is 0 Å². The first kappa shape index (κ1) is 17.4. The molecule has 1 amide bonds. The maximum Gasteiger partial charge on any atom is 0.328 e. The highest BCUT2D eigenvalue weighted by molar-refractivity contribution is 6.40. The van der Waals surface area contributed by atoms with Crippen LogP contribution in [0.4, 0.5) is 5.69 Å². The lowest BCUT2D eigenvalue weighted by atomic mass is 9.98. The molecule has 2 aliphatic heterocycles. The van der Waals surface area contributed by atoms with Crippen molar-refractivity contribution in [1.29, 1.82) is 0 Å². The van der Waals surface area contributed by atoms with Crippen molar-refractivity contribution in [3.8, 4) is 0 Å². The van der Waals surface area contributed by atoms with Gasteiger partial charge in [-0.15, -0.1) is 0 Å². The molecule has 7 heteroatoms. The third kappa shape index (κ3) is 3.82. The van der Waals surface area contributed by atoms with E-state index in [4.69, 9.17) is 4.74 Å². The number of amides is 1. The summed E-state index contributed by atoms with van der Waals surface area (Å²) in [6.07, 6.45) is 2.09. The second kappa shape index (κ2) is 7.65. The number of rotatable bonds is 5. The van der Waals surface area contributed by atoms with E-state index < -0.39 is 12.0 Å². The fourth-order valence-corrected chi connectivity index (χ4v) is 3.45. The number of methoxy groups -OCH3 is 1. The highest BCUT2D eigenvalue weighted by Crippen LogP contribution is 2.26. The van der Waals surface area contributed by atoms with Crippen molar-refractivity contribution in [2.45, 2.75) is 25.3 Å². The van der Waals surface area contributed by atoms with Crippen LogP contribution in [0, 0.1) is 5.92 Å². The van der Waals surface area contributed by atoms with E-state index in [1.165, 1.54) is 5.01 Å². The number of carboxylic acid groups (broad SMARTS) is 1. The summed E-state index contributed by atoms with van der Waals surface area (Å²) in [5.41, 5.74) is 0.989. The molecule has 0 aliphatic carbocycles. The number of hydrogen-bond acceptors (Lipinski definition) is 5. The third-order valence-electron chi connectivity index (χ3n) is 4.67. The molecule has 1 aromatic carbocycles. The molecule has 0 bridgehead atoms. The number of nitrogens with zero attached hydrogens (tertiary/aromatic N) is 3. The van der Waals surface area contributed by atoms with E-state index in [9.17, 15) is 14.7 Å². The van der Waals surface area contributed by atoms with Gasteiger partial charge in [0.1, 0.15) is 5.71 Å². The Morgan fingerprint density at radius 1 is 1.32 bits per heavy atom. The van der Waals surface area contributed by atoms with Crippen molar-refractivity contribution < 1.29 is 19.4 Å². The van der Waals surface area contributed by atoms with Gasteiger partial charge in [-0.1, -0.05) is 18.2 Å². The average Bonchev–Trinajstić information content (AvgIpc) is 3.08. The number of piperidine rings is 1. The summed E-state index contributed by atoms with van der Waals surface area (Å²) in [6.45, 7) is 1.94. The maximum atomic E-state index is 12.8. The topological polar surface area (TPSA) is 82.4 Å². The maximum absolute atomic E-state index is 12.8. The minimum Gasteiger partial charge on any atom is -0.480 e. The predicted molar refractivity (Wildman–Crippen MR) is 93.6 cm³/mol. The smallest absolute Gasteiger partial charge is 0.328 e. The Kier molecular flexibility index (Phi) is 5.33. The van der Waals surface area contributed by atoms with Gasteiger partial charge in [-0.25, -0.2) is 4.79 Å². The molecule has 7 nitrogen and oxygen atoms in total. The van der Waals surface area contributed by atoms with Gasteiger partial charge in [0.25, 0.3) is 5.91 Å². The zero-order chi connectivity index (χ0) is 17.8. The van der Waals surface area contributed by atoms with Crippen LogP contribution < -0.4 is 5.01 Å². The van der Waals surface area contributed by atoms with E-state index in [1.807, 2.05) is 18.2 Å². The standard InChI is InChI=1S/C18H23N3O4/c1-25-12-13-6-5-9-20(11-13)17(22)15-10-16(18(23)24)21(19-15)14-7-3-2-4-8-14/h2-4,7-8,13,16H,5-6,9-12H2,1H3,(H,23,24). The fraction of sp³-hybridized carbons (Fsp3) is 0.500. The molecule has 0 aromatic heterocycles. The second-order valence-corrected chi connectivity index (χ2v) is 6.50. The first-order chi connectivity index (χ1) is 12.1. The molecule has 1 aromatic rings. The number of para-hydroxylation sites is 1. The summed E-state index contributed by atoms with van der Waals surface area (Å²) in [5, 5.41) is 15.3. The molecule has 1 N–H and O–H groups in total. The summed E-state index contributed by atoms with van der Waals surface area (Å²) in [4.78, 5) is 26.2.